The predicted molar refractivity (Wildman–Crippen MR) is 48.3 cm³/mol. The summed E-state index contributed by atoms with van der Waals surface area (Å²) < 4.78 is 0. The summed E-state index contributed by atoms with van der Waals surface area (Å²) in [6.07, 6.45) is 0.366. The Bertz CT molecular complexity index is 289. The van der Waals surface area contributed by atoms with E-state index in [1.165, 1.54) is 0 Å². The van der Waals surface area contributed by atoms with Crippen molar-refractivity contribution in [1.29, 1.82) is 0 Å². The lowest BCUT2D eigenvalue weighted by atomic mass is 9.89. The van der Waals surface area contributed by atoms with Gasteiger partial charge >= 0.3 is 5.97 Å². The third-order valence-corrected chi connectivity index (χ3v) is 2.96. The van der Waals surface area contributed by atoms with Crippen molar-refractivity contribution in [2.24, 2.45) is 11.8 Å². The van der Waals surface area contributed by atoms with Gasteiger partial charge in [-0.3, -0.25) is 9.59 Å². The van der Waals surface area contributed by atoms with Crippen LogP contribution in [0, 0.1) is 11.8 Å². The molecule has 3 heteroatoms. The molecule has 0 saturated carbocycles. The molecule has 0 saturated heterocycles. The van der Waals surface area contributed by atoms with E-state index in [9.17, 15) is 9.59 Å². The first-order chi connectivity index (χ1) is 5.95. The highest BCUT2D eigenvalue weighted by Gasteiger charge is 2.33. The molecule has 0 fully saturated rings. The molecular weight excluding hydrogens is 168 g/mol. The van der Waals surface area contributed by atoms with Crippen molar-refractivity contribution in [2.45, 2.75) is 27.2 Å². The summed E-state index contributed by atoms with van der Waals surface area (Å²) in [5, 5.41) is 8.80. The quantitative estimate of drug-likeness (QED) is 0.706. The topological polar surface area (TPSA) is 54.4 Å². The maximum absolute atomic E-state index is 11.3. The zero-order valence-corrected chi connectivity index (χ0v) is 8.13. The van der Waals surface area contributed by atoms with Crippen LogP contribution in [0.5, 0.6) is 0 Å². The molecule has 1 aliphatic rings. The highest BCUT2D eigenvalue weighted by atomic mass is 16.4. The average Bonchev–Trinajstić information content (AvgIpc) is 2.31. The predicted octanol–water partition coefficient (Wildman–Crippen LogP) is 1.63. The Balaban J connectivity index is 2.88. The van der Waals surface area contributed by atoms with Crippen LogP contribution in [-0.2, 0) is 9.59 Å². The second-order valence-electron chi connectivity index (χ2n) is 3.67. The Morgan fingerprint density at radius 2 is 2.08 bits per heavy atom. The fourth-order valence-corrected chi connectivity index (χ4v) is 1.73. The average molecular weight is 182 g/mol. The monoisotopic (exact) mass is 182 g/mol. The Morgan fingerprint density at radius 1 is 1.54 bits per heavy atom. The largest absolute Gasteiger partial charge is 0.481 e. The molecule has 3 nitrogen and oxygen atoms in total. The van der Waals surface area contributed by atoms with Gasteiger partial charge in [-0.15, -0.1) is 0 Å². The standard InChI is InChI=1S/C10H14O3/c1-5-6(2)9(11)4-8(5)7(3)10(12)13/h7-8H,4H2,1-3H3,(H,12,13). The van der Waals surface area contributed by atoms with Gasteiger partial charge in [0.1, 0.15) is 0 Å². The number of carboxylic acid groups (broad SMARTS) is 1. The Kier molecular flexibility index (Phi) is 2.55. The summed E-state index contributed by atoms with van der Waals surface area (Å²) in [6.45, 7) is 5.28. The van der Waals surface area contributed by atoms with Crippen molar-refractivity contribution in [3.63, 3.8) is 0 Å². The Morgan fingerprint density at radius 3 is 2.38 bits per heavy atom. The summed E-state index contributed by atoms with van der Waals surface area (Å²) >= 11 is 0. The van der Waals surface area contributed by atoms with E-state index in [2.05, 4.69) is 0 Å². The molecule has 0 bridgehead atoms. The van der Waals surface area contributed by atoms with E-state index in [1.807, 2.05) is 6.92 Å². The van der Waals surface area contributed by atoms with Crippen LogP contribution in [0.4, 0.5) is 0 Å². The van der Waals surface area contributed by atoms with Crippen molar-refractivity contribution in [3.8, 4) is 0 Å². The molecule has 1 N–H and O–H groups in total. The van der Waals surface area contributed by atoms with E-state index in [1.54, 1.807) is 13.8 Å². The number of allylic oxidation sites excluding steroid dienone is 2. The third kappa shape index (κ3) is 1.64. The van der Waals surface area contributed by atoms with Gasteiger partial charge in [0.2, 0.25) is 0 Å². The highest BCUT2D eigenvalue weighted by Crippen LogP contribution is 2.34. The third-order valence-electron chi connectivity index (χ3n) is 2.96. The van der Waals surface area contributed by atoms with Crippen LogP contribution >= 0.6 is 0 Å². The van der Waals surface area contributed by atoms with Crippen molar-refractivity contribution in [1.82, 2.24) is 0 Å². The van der Waals surface area contributed by atoms with E-state index >= 15 is 0 Å². The maximum atomic E-state index is 11.3. The number of carbonyl (C=O) groups excluding carboxylic acids is 1. The molecule has 0 heterocycles. The van der Waals surface area contributed by atoms with Crippen molar-refractivity contribution >= 4 is 11.8 Å². The van der Waals surface area contributed by atoms with Gasteiger partial charge in [0.25, 0.3) is 0 Å². The lowest BCUT2D eigenvalue weighted by Crippen LogP contribution is -2.20. The molecule has 1 rings (SSSR count). The molecule has 2 atom stereocenters. The second-order valence-corrected chi connectivity index (χ2v) is 3.67. The SMILES string of the molecule is CC1=C(C)C(C(C)C(=O)O)CC1=O. The molecule has 72 valence electrons. The first-order valence-corrected chi connectivity index (χ1v) is 4.38. The first kappa shape index (κ1) is 9.96. The van der Waals surface area contributed by atoms with E-state index in [0.717, 1.165) is 11.1 Å². The normalized spacial score (nSPS) is 25.2. The van der Waals surface area contributed by atoms with E-state index in [4.69, 9.17) is 5.11 Å². The van der Waals surface area contributed by atoms with Crippen molar-refractivity contribution < 1.29 is 14.7 Å². The van der Waals surface area contributed by atoms with Gasteiger partial charge in [0.15, 0.2) is 5.78 Å². The summed E-state index contributed by atoms with van der Waals surface area (Å²) in [5.74, 6) is -1.28. The van der Waals surface area contributed by atoms with Gasteiger partial charge in [0, 0.05) is 12.3 Å². The van der Waals surface area contributed by atoms with Gasteiger partial charge < -0.3 is 5.11 Å². The summed E-state index contributed by atoms with van der Waals surface area (Å²) in [5.41, 5.74) is 1.69. The number of aliphatic carboxylic acids is 1. The van der Waals surface area contributed by atoms with Crippen LogP contribution in [-0.4, -0.2) is 16.9 Å². The van der Waals surface area contributed by atoms with Crippen LogP contribution in [0.3, 0.4) is 0 Å². The number of carboxylic acids is 1. The number of Topliss-reactive ketones (excluding diaryl/α,β-unsaturated/α-hetero) is 1. The van der Waals surface area contributed by atoms with Crippen molar-refractivity contribution in [2.75, 3.05) is 0 Å². The molecule has 0 aromatic rings. The highest BCUT2D eigenvalue weighted by molar-refractivity contribution is 5.99. The van der Waals surface area contributed by atoms with Gasteiger partial charge in [-0.05, 0) is 19.4 Å². The minimum atomic E-state index is -0.827. The number of hydrogen-bond donors (Lipinski definition) is 1. The van der Waals surface area contributed by atoms with Crippen LogP contribution in [0.15, 0.2) is 11.1 Å². The zero-order chi connectivity index (χ0) is 10.2. The van der Waals surface area contributed by atoms with Crippen molar-refractivity contribution in [3.05, 3.63) is 11.1 Å². The smallest absolute Gasteiger partial charge is 0.306 e. The number of hydrogen-bond acceptors (Lipinski definition) is 2. The summed E-state index contributed by atoms with van der Waals surface area (Å²) in [6, 6.07) is 0. The molecular formula is C10H14O3. The molecule has 0 radical (unpaired) electrons. The molecule has 0 aliphatic heterocycles. The fraction of sp³-hybridized carbons (Fsp3) is 0.600. The van der Waals surface area contributed by atoms with Gasteiger partial charge in [-0.1, -0.05) is 12.5 Å². The van der Waals surface area contributed by atoms with E-state index < -0.39 is 11.9 Å². The Hall–Kier alpha value is -1.12. The minimum Gasteiger partial charge on any atom is -0.481 e. The van der Waals surface area contributed by atoms with Gasteiger partial charge in [-0.2, -0.15) is 0 Å². The minimum absolute atomic E-state index is 0.0926. The fourth-order valence-electron chi connectivity index (χ4n) is 1.73. The molecule has 0 spiro atoms. The molecule has 0 aromatic carbocycles. The van der Waals surface area contributed by atoms with Crippen LogP contribution in [0.1, 0.15) is 27.2 Å². The summed E-state index contributed by atoms with van der Waals surface area (Å²) in [4.78, 5) is 22.0. The second kappa shape index (κ2) is 3.32. The van der Waals surface area contributed by atoms with Gasteiger partial charge in [-0.25, -0.2) is 0 Å². The van der Waals surface area contributed by atoms with Crippen LogP contribution in [0.25, 0.3) is 0 Å². The summed E-state index contributed by atoms with van der Waals surface area (Å²) in [7, 11) is 0. The van der Waals surface area contributed by atoms with Crippen LogP contribution in [0.2, 0.25) is 0 Å². The molecule has 1 aliphatic carbocycles. The number of carbonyl (C=O) groups is 2. The lowest BCUT2D eigenvalue weighted by molar-refractivity contribution is -0.142. The molecule has 0 aromatic heterocycles. The van der Waals surface area contributed by atoms with E-state index in [-0.39, 0.29) is 11.7 Å². The lowest BCUT2D eigenvalue weighted by Gasteiger charge is -2.15. The first-order valence-electron chi connectivity index (χ1n) is 4.38. The zero-order valence-electron chi connectivity index (χ0n) is 8.13. The Labute approximate surface area is 77.4 Å². The number of ketones is 1. The van der Waals surface area contributed by atoms with Gasteiger partial charge in [0.05, 0.1) is 5.92 Å². The number of rotatable bonds is 2. The van der Waals surface area contributed by atoms with E-state index in [0.29, 0.717) is 6.42 Å². The molecule has 2 unspecified atom stereocenters. The molecule has 13 heavy (non-hydrogen) atoms. The molecule has 0 amide bonds. The van der Waals surface area contributed by atoms with Crippen LogP contribution < -0.4 is 0 Å². The maximum Gasteiger partial charge on any atom is 0.306 e.